The first kappa shape index (κ1) is 23.6. The zero-order valence-corrected chi connectivity index (χ0v) is 19.9. The van der Waals surface area contributed by atoms with Crippen molar-refractivity contribution in [3.05, 3.63) is 53.3 Å². The van der Waals surface area contributed by atoms with Gasteiger partial charge in [-0.25, -0.2) is 4.99 Å². The van der Waals surface area contributed by atoms with E-state index in [1.165, 1.54) is 11.1 Å². The van der Waals surface area contributed by atoms with E-state index in [2.05, 4.69) is 58.7 Å². The molecule has 1 unspecified atom stereocenters. The lowest BCUT2D eigenvalue weighted by Crippen LogP contribution is -2.46. The molecule has 3 rings (SSSR count). The van der Waals surface area contributed by atoms with Crippen molar-refractivity contribution in [3.8, 4) is 0 Å². The van der Waals surface area contributed by atoms with Gasteiger partial charge in [0, 0.05) is 39.4 Å². The number of nitrogens with one attached hydrogen (secondary N) is 2. The summed E-state index contributed by atoms with van der Waals surface area (Å²) in [4.78, 5) is 7.23. The van der Waals surface area contributed by atoms with Crippen molar-refractivity contribution >= 4 is 29.9 Å². The molecule has 1 aromatic carbocycles. The van der Waals surface area contributed by atoms with Gasteiger partial charge in [-0.2, -0.15) is 5.10 Å². The second kappa shape index (κ2) is 12.1. The van der Waals surface area contributed by atoms with E-state index in [0.29, 0.717) is 6.54 Å². The average Bonchev–Trinajstić information content (AvgIpc) is 3.12. The van der Waals surface area contributed by atoms with Crippen molar-refractivity contribution in [2.75, 3.05) is 39.4 Å². The third-order valence-electron chi connectivity index (χ3n) is 5.04. The smallest absolute Gasteiger partial charge is 0.191 e. The Labute approximate surface area is 190 Å². The number of nitrogens with zero attached hydrogens (tertiary/aromatic N) is 4. The van der Waals surface area contributed by atoms with Crippen LogP contribution < -0.4 is 10.6 Å². The second-order valence-electron chi connectivity index (χ2n) is 7.10. The summed E-state index contributed by atoms with van der Waals surface area (Å²) >= 11 is 0. The molecule has 8 heteroatoms. The molecule has 7 nitrogen and oxygen atoms in total. The first-order valence-corrected chi connectivity index (χ1v) is 10.0. The van der Waals surface area contributed by atoms with Crippen LogP contribution in [0.4, 0.5) is 0 Å². The van der Waals surface area contributed by atoms with Gasteiger partial charge in [0.25, 0.3) is 0 Å². The predicted molar refractivity (Wildman–Crippen MR) is 128 cm³/mol. The first-order valence-electron chi connectivity index (χ1n) is 10.0. The summed E-state index contributed by atoms with van der Waals surface area (Å²) in [6.45, 7) is 9.91. The normalized spacial score (nSPS) is 16.2. The fourth-order valence-electron chi connectivity index (χ4n) is 3.48. The number of aromatic nitrogens is 2. The molecule has 2 N–H and O–H groups in total. The summed E-state index contributed by atoms with van der Waals surface area (Å²) in [7, 11) is 1.94. The van der Waals surface area contributed by atoms with Crippen LogP contribution in [0.25, 0.3) is 0 Å². The van der Waals surface area contributed by atoms with E-state index in [0.717, 1.165) is 51.0 Å². The van der Waals surface area contributed by atoms with Crippen LogP contribution >= 0.6 is 24.0 Å². The maximum atomic E-state index is 5.56. The summed E-state index contributed by atoms with van der Waals surface area (Å²) in [6, 6.07) is 11.1. The molecule has 2 aromatic rings. The molecule has 0 amide bonds. The van der Waals surface area contributed by atoms with Gasteiger partial charge >= 0.3 is 0 Å². The van der Waals surface area contributed by atoms with Gasteiger partial charge < -0.3 is 15.4 Å². The molecule has 0 saturated carbocycles. The number of aliphatic imine (C=N–C) groups is 1. The Hall–Kier alpha value is -1.65. The molecule has 0 radical (unpaired) electrons. The SMILES string of the molecule is CCNC(=NCc1ccnn1C)NCC(c1cccc(C)c1)N1CCOCC1.I. The predicted octanol–water partition coefficient (Wildman–Crippen LogP) is 2.48. The lowest BCUT2D eigenvalue weighted by atomic mass is 10.0. The molecule has 1 atom stereocenters. The molecule has 1 aliphatic rings. The summed E-state index contributed by atoms with van der Waals surface area (Å²) in [5.41, 5.74) is 3.70. The minimum atomic E-state index is 0. The molecule has 160 valence electrons. The molecule has 1 aliphatic heterocycles. The van der Waals surface area contributed by atoms with Gasteiger partial charge in [-0.15, -0.1) is 24.0 Å². The van der Waals surface area contributed by atoms with E-state index in [9.17, 15) is 0 Å². The molecule has 0 spiro atoms. The number of rotatable bonds is 7. The van der Waals surface area contributed by atoms with Crippen LogP contribution in [-0.2, 0) is 18.3 Å². The van der Waals surface area contributed by atoms with Gasteiger partial charge in [0.05, 0.1) is 31.5 Å². The summed E-state index contributed by atoms with van der Waals surface area (Å²) in [5.74, 6) is 0.828. The Morgan fingerprint density at radius 1 is 1.24 bits per heavy atom. The maximum Gasteiger partial charge on any atom is 0.191 e. The lowest BCUT2D eigenvalue weighted by Gasteiger charge is -2.35. The molecule has 1 saturated heterocycles. The number of guanidine groups is 1. The summed E-state index contributed by atoms with van der Waals surface area (Å²) in [6.07, 6.45) is 1.80. The van der Waals surface area contributed by atoms with Crippen molar-refractivity contribution in [2.45, 2.75) is 26.4 Å². The fraction of sp³-hybridized carbons (Fsp3) is 0.524. The number of hydrogen-bond acceptors (Lipinski definition) is 4. The monoisotopic (exact) mass is 512 g/mol. The van der Waals surface area contributed by atoms with Crippen LogP contribution in [0.1, 0.15) is 29.8 Å². The third-order valence-corrected chi connectivity index (χ3v) is 5.04. The maximum absolute atomic E-state index is 5.56. The number of halogens is 1. The first-order chi connectivity index (χ1) is 13.7. The van der Waals surface area contributed by atoms with E-state index >= 15 is 0 Å². The van der Waals surface area contributed by atoms with Gasteiger partial charge in [0.2, 0.25) is 0 Å². The fourth-order valence-corrected chi connectivity index (χ4v) is 3.48. The second-order valence-corrected chi connectivity index (χ2v) is 7.10. The van der Waals surface area contributed by atoms with Crippen LogP contribution in [0, 0.1) is 6.92 Å². The lowest BCUT2D eigenvalue weighted by molar-refractivity contribution is 0.0170. The highest BCUT2D eigenvalue weighted by atomic mass is 127. The van der Waals surface area contributed by atoms with Crippen molar-refractivity contribution in [1.29, 1.82) is 0 Å². The molecule has 1 fully saturated rings. The molecule has 29 heavy (non-hydrogen) atoms. The van der Waals surface area contributed by atoms with E-state index < -0.39 is 0 Å². The third kappa shape index (κ3) is 6.97. The average molecular weight is 512 g/mol. The van der Waals surface area contributed by atoms with E-state index in [1.54, 1.807) is 6.20 Å². The van der Waals surface area contributed by atoms with Crippen molar-refractivity contribution < 1.29 is 4.74 Å². The molecular weight excluding hydrogens is 479 g/mol. The Bertz CT molecular complexity index is 772. The molecule has 0 aliphatic carbocycles. The highest BCUT2D eigenvalue weighted by molar-refractivity contribution is 14.0. The minimum absolute atomic E-state index is 0. The number of benzene rings is 1. The Balaban J connectivity index is 0.00000300. The van der Waals surface area contributed by atoms with Crippen LogP contribution in [0.2, 0.25) is 0 Å². The van der Waals surface area contributed by atoms with Crippen LogP contribution in [0.3, 0.4) is 0 Å². The highest BCUT2D eigenvalue weighted by Gasteiger charge is 2.23. The van der Waals surface area contributed by atoms with Crippen molar-refractivity contribution in [2.24, 2.45) is 12.0 Å². The van der Waals surface area contributed by atoms with Crippen molar-refractivity contribution in [1.82, 2.24) is 25.3 Å². The summed E-state index contributed by atoms with van der Waals surface area (Å²) in [5, 5.41) is 11.1. The standard InChI is InChI=1S/C21H32N6O.HI/c1-4-22-21(23-15-19-8-9-25-26(19)3)24-16-20(27-10-12-28-13-11-27)18-7-5-6-17(2)14-18;/h5-9,14,20H,4,10-13,15-16H2,1-3H3,(H2,22,23,24);1H. The van der Waals surface area contributed by atoms with Crippen LogP contribution in [0.15, 0.2) is 41.5 Å². The number of hydrogen-bond donors (Lipinski definition) is 2. The van der Waals surface area contributed by atoms with Gasteiger partial charge in [0.1, 0.15) is 0 Å². The van der Waals surface area contributed by atoms with E-state index in [4.69, 9.17) is 9.73 Å². The Kier molecular flexibility index (Phi) is 9.89. The number of morpholine rings is 1. The molecular formula is C21H33IN6O. The Morgan fingerprint density at radius 2 is 2.03 bits per heavy atom. The minimum Gasteiger partial charge on any atom is -0.379 e. The highest BCUT2D eigenvalue weighted by Crippen LogP contribution is 2.22. The van der Waals surface area contributed by atoms with Gasteiger partial charge in [0.15, 0.2) is 5.96 Å². The topological polar surface area (TPSA) is 66.7 Å². The Morgan fingerprint density at radius 3 is 2.69 bits per heavy atom. The number of aryl methyl sites for hydroxylation is 2. The van der Waals surface area contributed by atoms with Gasteiger partial charge in [-0.3, -0.25) is 9.58 Å². The largest absolute Gasteiger partial charge is 0.379 e. The molecule has 1 aromatic heterocycles. The zero-order valence-electron chi connectivity index (χ0n) is 17.6. The number of ether oxygens (including phenoxy) is 1. The van der Waals surface area contributed by atoms with Crippen LogP contribution in [0.5, 0.6) is 0 Å². The zero-order chi connectivity index (χ0) is 19.8. The van der Waals surface area contributed by atoms with Gasteiger partial charge in [-0.05, 0) is 25.5 Å². The van der Waals surface area contributed by atoms with Gasteiger partial charge in [-0.1, -0.05) is 29.8 Å². The van der Waals surface area contributed by atoms with Crippen LogP contribution in [-0.4, -0.2) is 60.0 Å². The van der Waals surface area contributed by atoms with Crippen molar-refractivity contribution in [3.63, 3.8) is 0 Å². The molecule has 2 heterocycles. The van der Waals surface area contributed by atoms with E-state index in [-0.39, 0.29) is 30.0 Å². The van der Waals surface area contributed by atoms with E-state index in [1.807, 2.05) is 17.8 Å². The summed E-state index contributed by atoms with van der Waals surface area (Å²) < 4.78 is 7.42. The quantitative estimate of drug-likeness (QED) is 0.339. The molecule has 0 bridgehead atoms.